The molecule has 1 rings (SSSR count). The predicted molar refractivity (Wildman–Crippen MR) is 54.5 cm³/mol. The molecule has 0 spiro atoms. The summed E-state index contributed by atoms with van der Waals surface area (Å²) in [6, 6.07) is 0. The van der Waals surface area contributed by atoms with Gasteiger partial charge in [-0.05, 0) is 12.3 Å². The fraction of sp³-hybridized carbons (Fsp3) is 0.900. The standard InChI is InChI=1S/C10H19NO4/c1-9(2,3)10(4)7(12)11(8(13)14)5-6-15-10/h7,12H,5-6H2,1-4H3,(H,13,14)/t7?,10-/m0/s1. The maximum Gasteiger partial charge on any atom is 0.409 e. The number of aliphatic hydroxyl groups is 1. The van der Waals surface area contributed by atoms with E-state index in [1.807, 2.05) is 20.8 Å². The molecule has 1 unspecified atom stereocenters. The van der Waals surface area contributed by atoms with Crippen molar-refractivity contribution < 1.29 is 19.7 Å². The summed E-state index contributed by atoms with van der Waals surface area (Å²) in [6.45, 7) is 8.02. The molecule has 2 N–H and O–H groups in total. The minimum atomic E-state index is -1.12. The van der Waals surface area contributed by atoms with Crippen molar-refractivity contribution in [2.75, 3.05) is 13.2 Å². The molecule has 1 aliphatic rings. The average Bonchev–Trinajstić information content (AvgIpc) is 2.07. The highest BCUT2D eigenvalue weighted by atomic mass is 16.5. The number of carbonyl (C=O) groups is 1. The summed E-state index contributed by atoms with van der Waals surface area (Å²) in [5.74, 6) is 0. The van der Waals surface area contributed by atoms with E-state index in [1.165, 1.54) is 0 Å². The highest BCUT2D eigenvalue weighted by Gasteiger charge is 2.50. The molecule has 5 nitrogen and oxygen atoms in total. The van der Waals surface area contributed by atoms with E-state index in [9.17, 15) is 9.90 Å². The highest BCUT2D eigenvalue weighted by molar-refractivity contribution is 5.65. The van der Waals surface area contributed by atoms with Crippen LogP contribution in [0, 0.1) is 5.41 Å². The summed E-state index contributed by atoms with van der Waals surface area (Å²) in [5.41, 5.74) is -1.20. The van der Waals surface area contributed by atoms with E-state index in [2.05, 4.69) is 0 Å². The van der Waals surface area contributed by atoms with Gasteiger partial charge in [-0.25, -0.2) is 4.79 Å². The third kappa shape index (κ3) is 1.94. The smallest absolute Gasteiger partial charge is 0.409 e. The van der Waals surface area contributed by atoms with Crippen molar-refractivity contribution in [1.29, 1.82) is 0 Å². The molecule has 2 atom stereocenters. The molecular weight excluding hydrogens is 198 g/mol. The molecule has 0 bridgehead atoms. The number of hydrogen-bond donors (Lipinski definition) is 2. The Labute approximate surface area is 89.6 Å². The fourth-order valence-corrected chi connectivity index (χ4v) is 1.65. The zero-order chi connectivity index (χ0) is 11.9. The fourth-order valence-electron chi connectivity index (χ4n) is 1.65. The van der Waals surface area contributed by atoms with Crippen molar-refractivity contribution in [3.05, 3.63) is 0 Å². The van der Waals surface area contributed by atoms with E-state index in [4.69, 9.17) is 9.84 Å². The molecule has 1 amide bonds. The molecule has 15 heavy (non-hydrogen) atoms. The van der Waals surface area contributed by atoms with Gasteiger partial charge in [-0.2, -0.15) is 0 Å². The Bertz CT molecular complexity index is 261. The van der Waals surface area contributed by atoms with Crippen molar-refractivity contribution in [2.45, 2.75) is 39.5 Å². The van der Waals surface area contributed by atoms with Crippen molar-refractivity contribution in [3.63, 3.8) is 0 Å². The van der Waals surface area contributed by atoms with Gasteiger partial charge in [0.2, 0.25) is 0 Å². The second-order valence-electron chi connectivity index (χ2n) is 5.06. The van der Waals surface area contributed by atoms with Crippen molar-refractivity contribution in [1.82, 2.24) is 4.90 Å². The van der Waals surface area contributed by atoms with Gasteiger partial charge in [-0.1, -0.05) is 20.8 Å². The van der Waals surface area contributed by atoms with Gasteiger partial charge in [-0.3, -0.25) is 4.90 Å². The van der Waals surface area contributed by atoms with Crippen LogP contribution in [0.3, 0.4) is 0 Å². The van der Waals surface area contributed by atoms with Crippen LogP contribution in [0.5, 0.6) is 0 Å². The van der Waals surface area contributed by atoms with Crippen molar-refractivity contribution in [2.24, 2.45) is 5.41 Å². The second kappa shape index (κ2) is 3.64. The van der Waals surface area contributed by atoms with E-state index < -0.39 is 17.9 Å². The van der Waals surface area contributed by atoms with Crippen LogP contribution in [0.4, 0.5) is 4.79 Å². The number of morpholine rings is 1. The Morgan fingerprint density at radius 2 is 2.07 bits per heavy atom. The van der Waals surface area contributed by atoms with E-state index in [0.717, 1.165) is 4.90 Å². The van der Waals surface area contributed by atoms with Crippen LogP contribution < -0.4 is 0 Å². The van der Waals surface area contributed by atoms with Crippen LogP contribution in [0.1, 0.15) is 27.7 Å². The topological polar surface area (TPSA) is 70.0 Å². The first-order chi connectivity index (χ1) is 6.70. The molecule has 0 aromatic heterocycles. The highest BCUT2D eigenvalue weighted by Crippen LogP contribution is 2.39. The number of ether oxygens (including phenoxy) is 1. The second-order valence-corrected chi connectivity index (χ2v) is 5.06. The van der Waals surface area contributed by atoms with Gasteiger partial charge in [0.15, 0.2) is 6.23 Å². The van der Waals surface area contributed by atoms with Crippen LogP contribution >= 0.6 is 0 Å². The van der Waals surface area contributed by atoms with Crippen LogP contribution in [0.25, 0.3) is 0 Å². The van der Waals surface area contributed by atoms with Crippen LogP contribution in [0.15, 0.2) is 0 Å². The predicted octanol–water partition coefficient (Wildman–Crippen LogP) is 1.12. The zero-order valence-corrected chi connectivity index (χ0v) is 9.65. The first-order valence-corrected chi connectivity index (χ1v) is 5.02. The average molecular weight is 217 g/mol. The van der Waals surface area contributed by atoms with Gasteiger partial charge in [0.05, 0.1) is 13.2 Å². The minimum absolute atomic E-state index is 0.210. The monoisotopic (exact) mass is 217 g/mol. The Hall–Kier alpha value is -0.810. The number of rotatable bonds is 0. The van der Waals surface area contributed by atoms with E-state index in [0.29, 0.717) is 6.61 Å². The van der Waals surface area contributed by atoms with Gasteiger partial charge in [-0.15, -0.1) is 0 Å². The normalized spacial score (nSPS) is 32.9. The lowest BCUT2D eigenvalue weighted by Gasteiger charge is -2.50. The summed E-state index contributed by atoms with van der Waals surface area (Å²) in [5, 5.41) is 18.9. The molecule has 1 saturated heterocycles. The number of aliphatic hydroxyl groups excluding tert-OH is 1. The quantitative estimate of drug-likeness (QED) is 0.638. The molecule has 1 heterocycles. The third-order valence-corrected chi connectivity index (χ3v) is 3.26. The lowest BCUT2D eigenvalue weighted by molar-refractivity contribution is -0.239. The Kier molecular flexibility index (Phi) is 2.98. The minimum Gasteiger partial charge on any atom is -0.465 e. The Morgan fingerprint density at radius 3 is 2.47 bits per heavy atom. The summed E-state index contributed by atoms with van der Waals surface area (Å²) in [6.07, 6.45) is -2.23. The first kappa shape index (κ1) is 12.3. The Morgan fingerprint density at radius 1 is 1.53 bits per heavy atom. The molecule has 88 valence electrons. The number of hydrogen-bond acceptors (Lipinski definition) is 3. The lowest BCUT2D eigenvalue weighted by Crippen LogP contribution is -2.64. The zero-order valence-electron chi connectivity index (χ0n) is 9.65. The Balaban J connectivity index is 2.97. The van der Waals surface area contributed by atoms with Gasteiger partial charge < -0.3 is 14.9 Å². The molecule has 1 aliphatic heterocycles. The molecule has 0 aliphatic carbocycles. The largest absolute Gasteiger partial charge is 0.465 e. The number of carboxylic acid groups (broad SMARTS) is 1. The van der Waals surface area contributed by atoms with Gasteiger partial charge in [0.25, 0.3) is 0 Å². The SMILES string of the molecule is CC(C)(C)[C@@]1(C)OCCN(C(=O)O)C1O. The molecule has 0 saturated carbocycles. The summed E-state index contributed by atoms with van der Waals surface area (Å²) < 4.78 is 5.57. The van der Waals surface area contributed by atoms with E-state index in [-0.39, 0.29) is 12.0 Å². The van der Waals surface area contributed by atoms with Gasteiger partial charge in [0.1, 0.15) is 5.60 Å². The van der Waals surface area contributed by atoms with Crippen LogP contribution in [-0.4, -0.2) is 46.2 Å². The summed E-state index contributed by atoms with van der Waals surface area (Å²) in [4.78, 5) is 11.9. The first-order valence-electron chi connectivity index (χ1n) is 5.02. The maximum atomic E-state index is 10.9. The maximum absolute atomic E-state index is 10.9. The van der Waals surface area contributed by atoms with Gasteiger partial charge in [0, 0.05) is 0 Å². The molecule has 0 aromatic carbocycles. The van der Waals surface area contributed by atoms with Crippen LogP contribution in [0.2, 0.25) is 0 Å². The molecule has 0 radical (unpaired) electrons. The van der Waals surface area contributed by atoms with E-state index >= 15 is 0 Å². The molecule has 5 heteroatoms. The number of amides is 1. The molecule has 1 fully saturated rings. The third-order valence-electron chi connectivity index (χ3n) is 3.26. The summed E-state index contributed by atoms with van der Waals surface area (Å²) in [7, 11) is 0. The van der Waals surface area contributed by atoms with Crippen LogP contribution in [-0.2, 0) is 4.74 Å². The van der Waals surface area contributed by atoms with Gasteiger partial charge >= 0.3 is 6.09 Å². The molecular formula is C10H19NO4. The van der Waals surface area contributed by atoms with Crippen molar-refractivity contribution >= 4 is 6.09 Å². The summed E-state index contributed by atoms with van der Waals surface area (Å²) >= 11 is 0. The van der Waals surface area contributed by atoms with E-state index in [1.54, 1.807) is 6.92 Å². The van der Waals surface area contributed by atoms with Crippen molar-refractivity contribution in [3.8, 4) is 0 Å². The number of nitrogens with zero attached hydrogens (tertiary/aromatic N) is 1. The molecule has 0 aromatic rings. The lowest BCUT2D eigenvalue weighted by atomic mass is 9.75.